The average molecular weight is 521 g/mol. The molecule has 0 radical (unpaired) electrons. The molecule has 0 bridgehead atoms. The third-order valence-electron chi connectivity index (χ3n) is 6.06. The van der Waals surface area contributed by atoms with E-state index in [4.69, 9.17) is 0 Å². The van der Waals surface area contributed by atoms with Crippen molar-refractivity contribution in [3.8, 4) is 0 Å². The fraction of sp³-hybridized carbons (Fsp3) is 0.520. The molecular formula is C25H36N4O4S2. The molecule has 8 nitrogen and oxygen atoms in total. The van der Waals surface area contributed by atoms with Gasteiger partial charge >= 0.3 is 0 Å². The van der Waals surface area contributed by atoms with Crippen LogP contribution in [0.5, 0.6) is 0 Å². The fourth-order valence-electron chi connectivity index (χ4n) is 4.37. The Morgan fingerprint density at radius 1 is 1.03 bits per heavy atom. The predicted octanol–water partition coefficient (Wildman–Crippen LogP) is 3.94. The number of sulfonamides is 1. The lowest BCUT2D eigenvalue weighted by molar-refractivity contribution is 0.0962. The van der Waals surface area contributed by atoms with Crippen LogP contribution in [0.3, 0.4) is 0 Å². The number of anilines is 1. The van der Waals surface area contributed by atoms with E-state index in [0.29, 0.717) is 29.2 Å². The monoisotopic (exact) mass is 520 g/mol. The number of benzene rings is 1. The van der Waals surface area contributed by atoms with Gasteiger partial charge in [-0.25, -0.2) is 8.42 Å². The summed E-state index contributed by atoms with van der Waals surface area (Å²) in [6, 6.07) is 6.00. The normalized spacial score (nSPS) is 14.1. The van der Waals surface area contributed by atoms with E-state index in [1.54, 1.807) is 7.05 Å². The molecule has 1 aliphatic heterocycles. The maximum Gasteiger partial charge on any atom is 0.256 e. The van der Waals surface area contributed by atoms with Crippen molar-refractivity contribution in [2.75, 3.05) is 38.5 Å². The van der Waals surface area contributed by atoms with Gasteiger partial charge in [-0.2, -0.15) is 4.31 Å². The van der Waals surface area contributed by atoms with Gasteiger partial charge in [-0.3, -0.25) is 14.5 Å². The molecule has 0 aliphatic carbocycles. The molecule has 0 saturated heterocycles. The highest BCUT2D eigenvalue weighted by molar-refractivity contribution is 7.89. The Labute approximate surface area is 212 Å². The van der Waals surface area contributed by atoms with Gasteiger partial charge in [0.25, 0.3) is 11.8 Å². The molecule has 1 aliphatic rings. The van der Waals surface area contributed by atoms with Crippen molar-refractivity contribution in [1.82, 2.24) is 14.5 Å². The number of carbonyl (C=O) groups is 2. The summed E-state index contributed by atoms with van der Waals surface area (Å²) < 4.78 is 27.5. The molecule has 192 valence electrons. The van der Waals surface area contributed by atoms with Crippen molar-refractivity contribution in [2.45, 2.75) is 57.9 Å². The third kappa shape index (κ3) is 6.11. The van der Waals surface area contributed by atoms with E-state index in [9.17, 15) is 18.0 Å². The van der Waals surface area contributed by atoms with Crippen LogP contribution in [0.1, 0.15) is 71.2 Å². The third-order valence-corrected chi connectivity index (χ3v) is 9.10. The number of hydrogen-bond acceptors (Lipinski definition) is 6. The number of fused-ring (bicyclic) bond motifs is 1. The molecular weight excluding hydrogens is 484 g/mol. The molecule has 2 N–H and O–H groups in total. The van der Waals surface area contributed by atoms with Gasteiger partial charge in [-0.05, 0) is 62.1 Å². The molecule has 2 aromatic rings. The summed E-state index contributed by atoms with van der Waals surface area (Å²) in [6.45, 7) is 9.61. The highest BCUT2D eigenvalue weighted by atomic mass is 32.2. The molecule has 0 fully saturated rings. The minimum atomic E-state index is -3.61. The van der Waals surface area contributed by atoms with Gasteiger partial charge in [0.1, 0.15) is 5.00 Å². The van der Waals surface area contributed by atoms with Crippen LogP contribution in [-0.2, 0) is 23.0 Å². The SMILES string of the molecule is CCCN1CCc2c(sc(NC(=O)c3ccc(S(=O)(=O)N(CCC)CCC)cc3)c2C(=O)NC)C1. The number of carbonyl (C=O) groups excluding carboxylic acids is 2. The Morgan fingerprint density at radius 2 is 1.69 bits per heavy atom. The van der Waals surface area contributed by atoms with E-state index in [0.717, 1.165) is 55.8 Å². The molecule has 2 heterocycles. The minimum absolute atomic E-state index is 0.171. The zero-order valence-corrected chi connectivity index (χ0v) is 22.7. The second-order valence-electron chi connectivity index (χ2n) is 8.70. The van der Waals surface area contributed by atoms with Crippen LogP contribution in [0.25, 0.3) is 0 Å². The largest absolute Gasteiger partial charge is 0.355 e. The topological polar surface area (TPSA) is 98.8 Å². The minimum Gasteiger partial charge on any atom is -0.355 e. The first kappa shape index (κ1) is 27.3. The zero-order valence-electron chi connectivity index (χ0n) is 21.0. The first-order valence-corrected chi connectivity index (χ1v) is 14.5. The molecule has 10 heteroatoms. The van der Waals surface area contributed by atoms with Gasteiger partial charge in [0.2, 0.25) is 10.0 Å². The number of hydrogen-bond donors (Lipinski definition) is 2. The quantitative estimate of drug-likeness (QED) is 0.468. The smallest absolute Gasteiger partial charge is 0.256 e. The number of thiophene rings is 1. The lowest BCUT2D eigenvalue weighted by atomic mass is 10.0. The molecule has 3 rings (SSSR count). The molecule has 1 aromatic carbocycles. The number of nitrogens with one attached hydrogen (secondary N) is 2. The summed E-state index contributed by atoms with van der Waals surface area (Å²) in [7, 11) is -2.03. The molecule has 35 heavy (non-hydrogen) atoms. The molecule has 0 unspecified atom stereocenters. The van der Waals surface area contributed by atoms with Crippen LogP contribution in [0.2, 0.25) is 0 Å². The van der Waals surface area contributed by atoms with Crippen LogP contribution < -0.4 is 10.6 Å². The van der Waals surface area contributed by atoms with Gasteiger partial charge in [0.15, 0.2) is 0 Å². The highest BCUT2D eigenvalue weighted by Gasteiger charge is 2.28. The first-order chi connectivity index (χ1) is 16.8. The van der Waals surface area contributed by atoms with Gasteiger partial charge < -0.3 is 10.6 Å². The maximum atomic E-state index is 13.1. The zero-order chi connectivity index (χ0) is 25.6. The van der Waals surface area contributed by atoms with Crippen molar-refractivity contribution in [3.63, 3.8) is 0 Å². The standard InChI is InChI=1S/C25H36N4O4S2/c1-5-13-28-16-12-20-21(17-28)34-25(22(20)24(31)26-4)27-23(30)18-8-10-19(11-9-18)35(32,33)29(14-6-2)15-7-3/h8-11H,5-7,12-17H2,1-4H3,(H,26,31)(H,27,30). The van der Waals surface area contributed by atoms with E-state index >= 15 is 0 Å². The lowest BCUT2D eigenvalue weighted by Gasteiger charge is -2.26. The predicted molar refractivity (Wildman–Crippen MR) is 141 cm³/mol. The fourth-order valence-corrected chi connectivity index (χ4v) is 7.28. The van der Waals surface area contributed by atoms with E-state index in [1.807, 2.05) is 13.8 Å². The van der Waals surface area contributed by atoms with E-state index in [1.165, 1.54) is 39.9 Å². The van der Waals surface area contributed by atoms with Gasteiger partial charge in [-0.15, -0.1) is 11.3 Å². The maximum absolute atomic E-state index is 13.1. The van der Waals surface area contributed by atoms with Gasteiger partial charge in [-0.1, -0.05) is 20.8 Å². The molecule has 0 atom stereocenters. The van der Waals surface area contributed by atoms with Crippen LogP contribution in [-0.4, -0.2) is 62.7 Å². The molecule has 1 aromatic heterocycles. The average Bonchev–Trinajstić information content (AvgIpc) is 3.20. The second-order valence-corrected chi connectivity index (χ2v) is 11.7. The Bertz CT molecular complexity index is 1140. The van der Waals surface area contributed by atoms with E-state index in [2.05, 4.69) is 22.5 Å². The van der Waals surface area contributed by atoms with E-state index in [-0.39, 0.29) is 16.7 Å². The number of nitrogens with zero attached hydrogens (tertiary/aromatic N) is 2. The van der Waals surface area contributed by atoms with Crippen LogP contribution in [0, 0.1) is 0 Å². The van der Waals surface area contributed by atoms with Crippen LogP contribution in [0.4, 0.5) is 5.00 Å². The Morgan fingerprint density at radius 3 is 2.26 bits per heavy atom. The summed E-state index contributed by atoms with van der Waals surface area (Å²) in [5.41, 5.74) is 1.87. The Hall–Kier alpha value is -2.27. The van der Waals surface area contributed by atoms with Crippen molar-refractivity contribution in [1.29, 1.82) is 0 Å². The van der Waals surface area contributed by atoms with Gasteiger partial charge in [0, 0.05) is 43.7 Å². The molecule has 2 amide bonds. The van der Waals surface area contributed by atoms with E-state index < -0.39 is 10.0 Å². The summed E-state index contributed by atoms with van der Waals surface area (Å²) in [4.78, 5) is 29.4. The highest BCUT2D eigenvalue weighted by Crippen LogP contribution is 2.37. The lowest BCUT2D eigenvalue weighted by Crippen LogP contribution is -2.32. The summed E-state index contributed by atoms with van der Waals surface area (Å²) in [5, 5.41) is 6.14. The van der Waals surface area contributed by atoms with Gasteiger partial charge in [0.05, 0.1) is 10.5 Å². The number of rotatable bonds is 11. The Kier molecular flexibility index (Phi) is 9.46. The van der Waals surface area contributed by atoms with Crippen molar-refractivity contribution in [3.05, 3.63) is 45.8 Å². The molecule has 0 saturated carbocycles. The van der Waals surface area contributed by atoms with Crippen molar-refractivity contribution in [2.24, 2.45) is 0 Å². The Balaban J connectivity index is 1.83. The molecule has 0 spiro atoms. The number of amides is 2. The summed E-state index contributed by atoms with van der Waals surface area (Å²) in [5.74, 6) is -0.586. The van der Waals surface area contributed by atoms with Crippen LogP contribution >= 0.6 is 11.3 Å². The van der Waals surface area contributed by atoms with Crippen molar-refractivity contribution < 1.29 is 18.0 Å². The van der Waals surface area contributed by atoms with Crippen molar-refractivity contribution >= 4 is 38.2 Å². The second kappa shape index (κ2) is 12.1. The summed E-state index contributed by atoms with van der Waals surface area (Å²) >= 11 is 1.44. The first-order valence-electron chi connectivity index (χ1n) is 12.3. The summed E-state index contributed by atoms with van der Waals surface area (Å²) in [6.07, 6.45) is 3.29. The van der Waals surface area contributed by atoms with Crippen LogP contribution in [0.15, 0.2) is 29.2 Å².